The summed E-state index contributed by atoms with van der Waals surface area (Å²) in [5, 5.41) is 24.1. The Balaban J connectivity index is 3.57. The number of unbranched alkanes of at least 4 members (excludes halogenated alkanes) is 3. The van der Waals surface area contributed by atoms with Gasteiger partial charge in [0.15, 0.2) is 0 Å². The molecule has 0 saturated heterocycles. The Morgan fingerprint density at radius 1 is 0.773 bits per heavy atom. The number of rotatable bonds is 15. The van der Waals surface area contributed by atoms with Crippen LogP contribution in [0.3, 0.4) is 0 Å². The highest BCUT2D eigenvalue weighted by Gasteiger charge is 2.15. The van der Waals surface area contributed by atoms with Gasteiger partial charge >= 0.3 is 11.9 Å². The van der Waals surface area contributed by atoms with E-state index < -0.39 is 24.0 Å². The van der Waals surface area contributed by atoms with Gasteiger partial charge in [0.2, 0.25) is 0 Å². The molecule has 0 aliphatic carbocycles. The first kappa shape index (κ1) is 20.9. The van der Waals surface area contributed by atoms with Gasteiger partial charge in [-0.1, -0.05) is 39.5 Å². The summed E-state index contributed by atoms with van der Waals surface area (Å²) in [6.45, 7) is 5.40. The molecule has 0 heterocycles. The second kappa shape index (κ2) is 13.5. The summed E-state index contributed by atoms with van der Waals surface area (Å²) in [5.41, 5.74) is 0. The van der Waals surface area contributed by atoms with Crippen LogP contribution in [0.25, 0.3) is 0 Å². The number of carbonyl (C=O) groups is 2. The highest BCUT2D eigenvalue weighted by molar-refractivity contribution is 5.73. The smallest absolute Gasteiger partial charge is 0.320 e. The Kier molecular flexibility index (Phi) is 12.8. The lowest BCUT2D eigenvalue weighted by atomic mass is 10.1. The van der Waals surface area contributed by atoms with Gasteiger partial charge < -0.3 is 20.8 Å². The van der Waals surface area contributed by atoms with E-state index in [9.17, 15) is 9.59 Å². The van der Waals surface area contributed by atoms with Gasteiger partial charge in [-0.3, -0.25) is 9.59 Å². The lowest BCUT2D eigenvalue weighted by Gasteiger charge is -2.14. The third-order valence-electron chi connectivity index (χ3n) is 3.64. The molecule has 0 aromatic rings. The van der Waals surface area contributed by atoms with Crippen molar-refractivity contribution in [2.75, 3.05) is 13.1 Å². The predicted octanol–water partition coefficient (Wildman–Crippen LogP) is 2.23. The van der Waals surface area contributed by atoms with Gasteiger partial charge in [0.25, 0.3) is 0 Å². The zero-order valence-corrected chi connectivity index (χ0v) is 13.9. The van der Waals surface area contributed by atoms with Crippen molar-refractivity contribution in [2.24, 2.45) is 0 Å². The molecule has 130 valence electrons. The van der Waals surface area contributed by atoms with E-state index in [1.54, 1.807) is 0 Å². The van der Waals surface area contributed by atoms with Crippen molar-refractivity contribution in [1.29, 1.82) is 0 Å². The molecule has 0 aliphatic heterocycles. The molecule has 6 nitrogen and oxygen atoms in total. The third-order valence-corrected chi connectivity index (χ3v) is 3.64. The number of carboxylic acids is 2. The van der Waals surface area contributed by atoms with E-state index >= 15 is 0 Å². The molecular weight excluding hydrogens is 284 g/mol. The Morgan fingerprint density at radius 3 is 1.41 bits per heavy atom. The number of hydrogen-bond acceptors (Lipinski definition) is 4. The van der Waals surface area contributed by atoms with Crippen molar-refractivity contribution in [3.8, 4) is 0 Å². The number of nitrogens with one attached hydrogen (secondary N) is 2. The van der Waals surface area contributed by atoms with Crippen LogP contribution in [0.4, 0.5) is 0 Å². The van der Waals surface area contributed by atoms with Crippen molar-refractivity contribution in [2.45, 2.75) is 77.3 Å². The van der Waals surface area contributed by atoms with Gasteiger partial charge in [0, 0.05) is 0 Å². The molecule has 0 saturated carbocycles. The molecule has 0 unspecified atom stereocenters. The highest BCUT2D eigenvalue weighted by Crippen LogP contribution is 2.02. The molecule has 6 heteroatoms. The largest absolute Gasteiger partial charge is 0.480 e. The Hall–Kier alpha value is -1.14. The van der Waals surface area contributed by atoms with Crippen molar-refractivity contribution in [1.82, 2.24) is 10.6 Å². The Morgan fingerprint density at radius 2 is 1.14 bits per heavy atom. The molecule has 4 N–H and O–H groups in total. The molecular formula is C16H32N2O4. The standard InChI is InChI=1S/C16H32N2O4/c1-3-9-13(15(19)20)17-11-7-5-6-8-12-18-14(10-4-2)16(21)22/h13-14,17-18H,3-12H2,1-2H3,(H,19,20)(H,21,22)/t13-,14+. The quantitative estimate of drug-likeness (QED) is 0.346. The van der Waals surface area contributed by atoms with Crippen LogP contribution in [0, 0.1) is 0 Å². The summed E-state index contributed by atoms with van der Waals surface area (Å²) in [6, 6.07) is -0.867. The molecule has 0 radical (unpaired) electrons. The minimum absolute atomic E-state index is 0.433. The number of aliphatic carboxylic acids is 2. The van der Waals surface area contributed by atoms with Crippen LogP contribution in [0.1, 0.15) is 65.2 Å². The van der Waals surface area contributed by atoms with Crippen LogP contribution < -0.4 is 10.6 Å². The zero-order chi connectivity index (χ0) is 16.8. The molecule has 0 aromatic carbocycles. The van der Waals surface area contributed by atoms with E-state index in [2.05, 4.69) is 10.6 Å². The maximum absolute atomic E-state index is 10.9. The van der Waals surface area contributed by atoms with Gasteiger partial charge in [-0.15, -0.1) is 0 Å². The molecule has 0 aliphatic rings. The minimum atomic E-state index is -0.776. The summed E-state index contributed by atoms with van der Waals surface area (Å²) >= 11 is 0. The fourth-order valence-electron chi connectivity index (χ4n) is 2.36. The van der Waals surface area contributed by atoms with Crippen molar-refractivity contribution < 1.29 is 19.8 Å². The first-order chi connectivity index (χ1) is 10.5. The van der Waals surface area contributed by atoms with Crippen LogP contribution in [-0.4, -0.2) is 47.3 Å². The normalized spacial score (nSPS) is 13.7. The predicted molar refractivity (Wildman–Crippen MR) is 87.1 cm³/mol. The number of hydrogen-bond donors (Lipinski definition) is 4. The molecule has 0 bridgehead atoms. The monoisotopic (exact) mass is 316 g/mol. The molecule has 0 amide bonds. The van der Waals surface area contributed by atoms with E-state index in [0.717, 1.165) is 51.6 Å². The van der Waals surface area contributed by atoms with E-state index in [0.29, 0.717) is 12.8 Å². The minimum Gasteiger partial charge on any atom is -0.480 e. The second-order valence-electron chi connectivity index (χ2n) is 5.68. The van der Waals surface area contributed by atoms with Crippen LogP contribution in [0.15, 0.2) is 0 Å². The molecule has 0 fully saturated rings. The van der Waals surface area contributed by atoms with Crippen molar-refractivity contribution in [3.63, 3.8) is 0 Å². The van der Waals surface area contributed by atoms with Crippen LogP contribution >= 0.6 is 0 Å². The SMILES string of the molecule is CCC[C@H](NCCCCCCN[C@H](CCC)C(=O)O)C(=O)O. The topological polar surface area (TPSA) is 98.7 Å². The summed E-state index contributed by atoms with van der Waals surface area (Å²) in [5.74, 6) is -1.55. The van der Waals surface area contributed by atoms with Crippen LogP contribution in [0.2, 0.25) is 0 Å². The summed E-state index contributed by atoms with van der Waals surface area (Å²) < 4.78 is 0. The molecule has 2 atom stereocenters. The van der Waals surface area contributed by atoms with E-state index in [1.165, 1.54) is 0 Å². The first-order valence-electron chi connectivity index (χ1n) is 8.45. The fourth-order valence-corrected chi connectivity index (χ4v) is 2.36. The molecule has 0 spiro atoms. The average molecular weight is 316 g/mol. The lowest BCUT2D eigenvalue weighted by Crippen LogP contribution is -2.37. The second-order valence-corrected chi connectivity index (χ2v) is 5.68. The van der Waals surface area contributed by atoms with E-state index in [1.807, 2.05) is 13.8 Å². The van der Waals surface area contributed by atoms with E-state index in [4.69, 9.17) is 10.2 Å². The van der Waals surface area contributed by atoms with Gasteiger partial charge in [-0.2, -0.15) is 0 Å². The van der Waals surface area contributed by atoms with Crippen LogP contribution in [-0.2, 0) is 9.59 Å². The lowest BCUT2D eigenvalue weighted by molar-refractivity contribution is -0.140. The molecule has 22 heavy (non-hydrogen) atoms. The Labute approximate surface area is 133 Å². The third kappa shape index (κ3) is 10.6. The van der Waals surface area contributed by atoms with Crippen molar-refractivity contribution >= 4 is 11.9 Å². The van der Waals surface area contributed by atoms with Gasteiger partial charge in [0.1, 0.15) is 12.1 Å². The molecule has 0 aromatic heterocycles. The van der Waals surface area contributed by atoms with Crippen LogP contribution in [0.5, 0.6) is 0 Å². The maximum Gasteiger partial charge on any atom is 0.320 e. The highest BCUT2D eigenvalue weighted by atomic mass is 16.4. The van der Waals surface area contributed by atoms with Gasteiger partial charge in [0.05, 0.1) is 0 Å². The van der Waals surface area contributed by atoms with Gasteiger partial charge in [-0.25, -0.2) is 0 Å². The first-order valence-corrected chi connectivity index (χ1v) is 8.45. The summed E-state index contributed by atoms with van der Waals surface area (Å²) in [6.07, 6.45) is 6.99. The Bertz CT molecular complexity index is 281. The summed E-state index contributed by atoms with van der Waals surface area (Å²) in [4.78, 5) is 21.9. The zero-order valence-electron chi connectivity index (χ0n) is 13.9. The molecule has 0 rings (SSSR count). The fraction of sp³-hybridized carbons (Fsp3) is 0.875. The summed E-state index contributed by atoms with van der Waals surface area (Å²) in [7, 11) is 0. The van der Waals surface area contributed by atoms with Crippen molar-refractivity contribution in [3.05, 3.63) is 0 Å². The average Bonchev–Trinajstić information content (AvgIpc) is 2.47. The number of carboxylic acid groups (broad SMARTS) is 2. The van der Waals surface area contributed by atoms with E-state index in [-0.39, 0.29) is 0 Å². The van der Waals surface area contributed by atoms with Gasteiger partial charge in [-0.05, 0) is 38.8 Å². The maximum atomic E-state index is 10.9.